The number of nitrogens with one attached hydrogen (secondary N) is 1. The Bertz CT molecular complexity index is 515. The van der Waals surface area contributed by atoms with E-state index in [1.807, 2.05) is 6.92 Å². The minimum absolute atomic E-state index is 0.0517. The lowest BCUT2D eigenvalue weighted by molar-refractivity contribution is -0.131. The summed E-state index contributed by atoms with van der Waals surface area (Å²) in [6.45, 7) is 1.75. The van der Waals surface area contributed by atoms with E-state index in [9.17, 15) is 14.7 Å². The van der Waals surface area contributed by atoms with Crippen LogP contribution in [0.2, 0.25) is 5.02 Å². The first-order chi connectivity index (χ1) is 10.0. The first-order valence-corrected chi connectivity index (χ1v) is 7.57. The standard InChI is InChI=1S/C16H20ClNO3/c1-10-8-13(20)6-7-14(10)16(21)18-15(9-19)11-2-4-12(17)5-3-11/h2-5,10,14-15,19H,6-9H2,1H3,(H,18,21). The smallest absolute Gasteiger partial charge is 0.223 e. The van der Waals surface area contributed by atoms with Crippen molar-refractivity contribution in [3.63, 3.8) is 0 Å². The maximum Gasteiger partial charge on any atom is 0.223 e. The Morgan fingerprint density at radius 3 is 2.67 bits per heavy atom. The van der Waals surface area contributed by atoms with Crippen molar-refractivity contribution < 1.29 is 14.7 Å². The van der Waals surface area contributed by atoms with Crippen LogP contribution in [0.25, 0.3) is 0 Å². The number of rotatable bonds is 4. The Labute approximate surface area is 129 Å². The Morgan fingerprint density at radius 2 is 2.10 bits per heavy atom. The zero-order valence-electron chi connectivity index (χ0n) is 12.0. The lowest BCUT2D eigenvalue weighted by Gasteiger charge is -2.28. The van der Waals surface area contributed by atoms with Gasteiger partial charge in [0.05, 0.1) is 12.6 Å². The van der Waals surface area contributed by atoms with Crippen molar-refractivity contribution in [2.75, 3.05) is 6.61 Å². The molecule has 0 bridgehead atoms. The molecule has 114 valence electrons. The second-order valence-corrected chi connectivity index (χ2v) is 6.10. The summed E-state index contributed by atoms with van der Waals surface area (Å²) >= 11 is 5.84. The molecule has 0 spiro atoms. The number of Topliss-reactive ketones (excluding diaryl/α,β-unsaturated/α-hetero) is 1. The number of carbonyl (C=O) groups is 2. The predicted octanol–water partition coefficient (Wildman–Crippen LogP) is 2.49. The zero-order valence-corrected chi connectivity index (χ0v) is 12.8. The maximum atomic E-state index is 12.4. The Hall–Kier alpha value is -1.39. The molecule has 0 radical (unpaired) electrons. The number of aliphatic hydroxyl groups excluding tert-OH is 1. The molecule has 0 aliphatic heterocycles. The fourth-order valence-corrected chi connectivity index (χ4v) is 2.93. The molecule has 4 nitrogen and oxygen atoms in total. The van der Waals surface area contributed by atoms with Gasteiger partial charge in [0.15, 0.2) is 0 Å². The van der Waals surface area contributed by atoms with E-state index in [0.717, 1.165) is 5.56 Å². The molecule has 1 aromatic rings. The van der Waals surface area contributed by atoms with Gasteiger partial charge in [0.2, 0.25) is 5.91 Å². The molecule has 21 heavy (non-hydrogen) atoms. The Kier molecular flexibility index (Phi) is 5.37. The first kappa shape index (κ1) is 16.0. The normalized spacial score (nSPS) is 23.7. The van der Waals surface area contributed by atoms with Crippen LogP contribution < -0.4 is 5.32 Å². The van der Waals surface area contributed by atoms with E-state index >= 15 is 0 Å². The molecule has 5 heteroatoms. The fraction of sp³-hybridized carbons (Fsp3) is 0.500. The summed E-state index contributed by atoms with van der Waals surface area (Å²) in [6.07, 6.45) is 1.51. The van der Waals surface area contributed by atoms with Crippen molar-refractivity contribution >= 4 is 23.3 Å². The van der Waals surface area contributed by atoms with Crippen molar-refractivity contribution in [3.05, 3.63) is 34.9 Å². The van der Waals surface area contributed by atoms with Gasteiger partial charge in [-0.2, -0.15) is 0 Å². The number of carbonyl (C=O) groups excluding carboxylic acids is 2. The highest BCUT2D eigenvalue weighted by Crippen LogP contribution is 2.28. The van der Waals surface area contributed by atoms with Gasteiger partial charge in [0.1, 0.15) is 5.78 Å². The molecule has 1 aromatic carbocycles. The molecule has 1 aliphatic carbocycles. The van der Waals surface area contributed by atoms with Gasteiger partial charge in [-0.15, -0.1) is 0 Å². The van der Waals surface area contributed by atoms with Gasteiger partial charge in [-0.1, -0.05) is 30.7 Å². The van der Waals surface area contributed by atoms with Crippen LogP contribution in [0.1, 0.15) is 37.8 Å². The summed E-state index contributed by atoms with van der Waals surface area (Å²) < 4.78 is 0. The molecule has 0 saturated heterocycles. The van der Waals surface area contributed by atoms with Gasteiger partial charge in [-0.05, 0) is 30.0 Å². The Morgan fingerprint density at radius 1 is 1.43 bits per heavy atom. The minimum Gasteiger partial charge on any atom is -0.394 e. The monoisotopic (exact) mass is 309 g/mol. The molecule has 0 aromatic heterocycles. The second-order valence-electron chi connectivity index (χ2n) is 5.66. The lowest BCUT2D eigenvalue weighted by atomic mass is 9.79. The number of amides is 1. The van der Waals surface area contributed by atoms with Crippen molar-refractivity contribution in [2.45, 2.75) is 32.2 Å². The van der Waals surface area contributed by atoms with Crippen LogP contribution in [0.4, 0.5) is 0 Å². The largest absolute Gasteiger partial charge is 0.394 e. The third-order valence-electron chi connectivity index (χ3n) is 4.08. The second kappa shape index (κ2) is 7.05. The lowest BCUT2D eigenvalue weighted by Crippen LogP contribution is -2.40. The topological polar surface area (TPSA) is 66.4 Å². The van der Waals surface area contributed by atoms with E-state index in [0.29, 0.717) is 24.3 Å². The molecule has 1 aliphatic rings. The molecule has 2 N–H and O–H groups in total. The fourth-order valence-electron chi connectivity index (χ4n) is 2.80. The molecule has 3 unspecified atom stereocenters. The van der Waals surface area contributed by atoms with Crippen molar-refractivity contribution in [2.24, 2.45) is 11.8 Å². The van der Waals surface area contributed by atoms with Crippen molar-refractivity contribution in [3.8, 4) is 0 Å². The summed E-state index contributed by atoms with van der Waals surface area (Å²) in [7, 11) is 0. The maximum absolute atomic E-state index is 12.4. The van der Waals surface area contributed by atoms with E-state index in [4.69, 9.17) is 11.6 Å². The van der Waals surface area contributed by atoms with Crippen molar-refractivity contribution in [1.29, 1.82) is 0 Å². The first-order valence-electron chi connectivity index (χ1n) is 7.19. The third-order valence-corrected chi connectivity index (χ3v) is 4.33. The highest BCUT2D eigenvalue weighted by molar-refractivity contribution is 6.30. The van der Waals surface area contributed by atoms with E-state index in [1.165, 1.54) is 0 Å². The number of benzene rings is 1. The summed E-state index contributed by atoms with van der Waals surface area (Å²) in [4.78, 5) is 23.8. The van der Waals surface area contributed by atoms with E-state index in [1.54, 1.807) is 24.3 Å². The molecular weight excluding hydrogens is 290 g/mol. The molecule has 1 amide bonds. The number of ketones is 1. The highest BCUT2D eigenvalue weighted by atomic mass is 35.5. The number of hydrogen-bond donors (Lipinski definition) is 2. The molecule has 3 atom stereocenters. The van der Waals surface area contributed by atoms with Crippen LogP contribution in [0.3, 0.4) is 0 Å². The van der Waals surface area contributed by atoms with Gasteiger partial charge < -0.3 is 10.4 Å². The average Bonchev–Trinajstić information content (AvgIpc) is 2.45. The average molecular weight is 310 g/mol. The van der Waals surface area contributed by atoms with Crippen LogP contribution in [0, 0.1) is 11.8 Å². The van der Waals surface area contributed by atoms with Gasteiger partial charge in [-0.3, -0.25) is 9.59 Å². The van der Waals surface area contributed by atoms with Gasteiger partial charge >= 0.3 is 0 Å². The van der Waals surface area contributed by atoms with Crippen LogP contribution in [-0.2, 0) is 9.59 Å². The number of halogens is 1. The molecule has 1 fully saturated rings. The SMILES string of the molecule is CC1CC(=O)CCC1C(=O)NC(CO)c1ccc(Cl)cc1. The van der Waals surface area contributed by atoms with E-state index < -0.39 is 6.04 Å². The van der Waals surface area contributed by atoms with Crippen LogP contribution in [0.5, 0.6) is 0 Å². The van der Waals surface area contributed by atoms with Crippen LogP contribution in [0.15, 0.2) is 24.3 Å². The highest BCUT2D eigenvalue weighted by Gasteiger charge is 2.32. The Balaban J connectivity index is 2.02. The molecule has 0 heterocycles. The third kappa shape index (κ3) is 4.05. The summed E-state index contributed by atoms with van der Waals surface area (Å²) in [6, 6.07) is 6.59. The number of aliphatic hydroxyl groups is 1. The minimum atomic E-state index is -0.445. The van der Waals surface area contributed by atoms with Gasteiger partial charge in [0.25, 0.3) is 0 Å². The van der Waals surface area contributed by atoms with E-state index in [-0.39, 0.29) is 30.1 Å². The molecule has 1 saturated carbocycles. The quantitative estimate of drug-likeness (QED) is 0.898. The van der Waals surface area contributed by atoms with Gasteiger partial charge in [0, 0.05) is 23.8 Å². The van der Waals surface area contributed by atoms with E-state index in [2.05, 4.69) is 5.32 Å². The number of hydrogen-bond acceptors (Lipinski definition) is 3. The van der Waals surface area contributed by atoms with Crippen LogP contribution >= 0.6 is 11.6 Å². The molecular formula is C16H20ClNO3. The zero-order chi connectivity index (χ0) is 15.4. The van der Waals surface area contributed by atoms with Crippen molar-refractivity contribution in [1.82, 2.24) is 5.32 Å². The summed E-state index contributed by atoms with van der Waals surface area (Å²) in [5.41, 5.74) is 0.815. The molecule has 2 rings (SSSR count). The van der Waals surface area contributed by atoms with Crippen LogP contribution in [-0.4, -0.2) is 23.4 Å². The van der Waals surface area contributed by atoms with Gasteiger partial charge in [-0.25, -0.2) is 0 Å². The summed E-state index contributed by atoms with van der Waals surface area (Å²) in [5, 5.41) is 13.0. The summed E-state index contributed by atoms with van der Waals surface area (Å²) in [5.74, 6) is 0.0202. The predicted molar refractivity (Wildman–Crippen MR) is 80.9 cm³/mol.